The van der Waals surface area contributed by atoms with Crippen molar-refractivity contribution in [3.05, 3.63) is 23.4 Å². The van der Waals surface area contributed by atoms with Crippen molar-refractivity contribution in [1.82, 2.24) is 4.98 Å². The molecule has 4 N–H and O–H groups in total. The van der Waals surface area contributed by atoms with E-state index in [2.05, 4.69) is 10.3 Å². The number of rotatable bonds is 5. The molecule has 0 radical (unpaired) electrons. The van der Waals surface area contributed by atoms with Crippen LogP contribution in [0.2, 0.25) is 0 Å². The summed E-state index contributed by atoms with van der Waals surface area (Å²) in [7, 11) is -3.58. The summed E-state index contributed by atoms with van der Waals surface area (Å²) in [4.78, 5) is 14.8. The molecule has 7 nitrogen and oxygen atoms in total. The molecule has 1 aromatic heterocycles. The minimum Gasteiger partial charge on any atom is -0.478 e. The highest BCUT2D eigenvalue weighted by Crippen LogP contribution is 2.16. The number of pyridine rings is 1. The van der Waals surface area contributed by atoms with Gasteiger partial charge in [0.2, 0.25) is 10.0 Å². The maximum absolute atomic E-state index is 11.0. The first kappa shape index (κ1) is 13.4. The van der Waals surface area contributed by atoms with Crippen molar-refractivity contribution < 1.29 is 18.3 Å². The number of nitrogens with zero attached hydrogens (tertiary/aromatic N) is 1. The summed E-state index contributed by atoms with van der Waals surface area (Å²) in [6.45, 7) is 1.64. The molecule has 94 valence electrons. The first-order chi connectivity index (χ1) is 7.81. The molecule has 1 aromatic rings. The molecule has 0 saturated carbocycles. The van der Waals surface area contributed by atoms with Crippen LogP contribution in [0.5, 0.6) is 0 Å². The number of nitrogens with one attached hydrogen (secondary N) is 1. The summed E-state index contributed by atoms with van der Waals surface area (Å²) in [5, 5.41) is 16.4. The van der Waals surface area contributed by atoms with Crippen LogP contribution in [0.4, 0.5) is 5.82 Å². The molecule has 17 heavy (non-hydrogen) atoms. The molecule has 0 aliphatic carbocycles. The van der Waals surface area contributed by atoms with Crippen molar-refractivity contribution in [3.8, 4) is 0 Å². The monoisotopic (exact) mass is 259 g/mol. The molecular weight excluding hydrogens is 246 g/mol. The smallest absolute Gasteiger partial charge is 0.339 e. The van der Waals surface area contributed by atoms with E-state index in [0.29, 0.717) is 5.56 Å². The second kappa shape index (κ2) is 5.11. The summed E-state index contributed by atoms with van der Waals surface area (Å²) < 4.78 is 21.4. The zero-order valence-corrected chi connectivity index (χ0v) is 9.99. The molecule has 0 aliphatic heterocycles. The lowest BCUT2D eigenvalue weighted by Gasteiger charge is -2.09. The average molecular weight is 259 g/mol. The van der Waals surface area contributed by atoms with Crippen molar-refractivity contribution in [3.63, 3.8) is 0 Å². The van der Waals surface area contributed by atoms with E-state index in [-0.39, 0.29) is 23.7 Å². The van der Waals surface area contributed by atoms with Crippen LogP contribution >= 0.6 is 0 Å². The third kappa shape index (κ3) is 4.00. The second-order valence-electron chi connectivity index (χ2n) is 3.45. The number of aromatic nitrogens is 1. The number of sulfonamides is 1. The quantitative estimate of drug-likeness (QED) is 0.672. The summed E-state index contributed by atoms with van der Waals surface area (Å²) in [5.74, 6) is -1.27. The van der Waals surface area contributed by atoms with Gasteiger partial charge in [0.15, 0.2) is 0 Å². The van der Waals surface area contributed by atoms with Gasteiger partial charge in [-0.05, 0) is 18.6 Å². The maximum atomic E-state index is 11.0. The Morgan fingerprint density at radius 2 is 2.24 bits per heavy atom. The van der Waals surface area contributed by atoms with E-state index in [0.717, 1.165) is 0 Å². The molecule has 0 unspecified atom stereocenters. The molecule has 0 saturated heterocycles. The van der Waals surface area contributed by atoms with Gasteiger partial charge in [-0.2, -0.15) is 0 Å². The lowest BCUT2D eigenvalue weighted by molar-refractivity contribution is 0.0697. The molecule has 1 rings (SSSR count). The average Bonchev–Trinajstić information content (AvgIpc) is 2.14. The second-order valence-corrected chi connectivity index (χ2v) is 5.18. The SMILES string of the molecule is Cc1ccnc(NCCS(N)(=O)=O)c1C(=O)O. The Labute approximate surface area is 98.7 Å². The van der Waals surface area contributed by atoms with Gasteiger partial charge in [-0.25, -0.2) is 23.3 Å². The van der Waals surface area contributed by atoms with E-state index >= 15 is 0 Å². The zero-order valence-electron chi connectivity index (χ0n) is 9.17. The normalized spacial score (nSPS) is 11.2. The first-order valence-corrected chi connectivity index (χ1v) is 6.46. The third-order valence-corrected chi connectivity index (χ3v) is 2.83. The van der Waals surface area contributed by atoms with Crippen LogP contribution < -0.4 is 10.5 Å². The minimum atomic E-state index is -3.58. The van der Waals surface area contributed by atoms with Gasteiger partial charge < -0.3 is 10.4 Å². The van der Waals surface area contributed by atoms with E-state index < -0.39 is 16.0 Å². The van der Waals surface area contributed by atoms with Gasteiger partial charge in [0.25, 0.3) is 0 Å². The van der Waals surface area contributed by atoms with E-state index in [9.17, 15) is 13.2 Å². The van der Waals surface area contributed by atoms with Crippen LogP contribution in [0.3, 0.4) is 0 Å². The Balaban J connectivity index is 2.85. The molecule has 0 fully saturated rings. The van der Waals surface area contributed by atoms with Crippen LogP contribution in [0.15, 0.2) is 12.3 Å². The molecule has 1 heterocycles. The number of carboxylic acid groups (broad SMARTS) is 1. The lowest BCUT2D eigenvalue weighted by Crippen LogP contribution is -2.23. The Morgan fingerprint density at radius 1 is 1.59 bits per heavy atom. The highest BCUT2D eigenvalue weighted by Gasteiger charge is 2.14. The third-order valence-electron chi connectivity index (χ3n) is 2.05. The predicted octanol–water partition coefficient (Wildman–Crippen LogP) is -0.211. The number of primary sulfonamides is 1. The van der Waals surface area contributed by atoms with Crippen LogP contribution in [-0.4, -0.2) is 36.8 Å². The number of carbonyl (C=O) groups is 1. The van der Waals surface area contributed by atoms with E-state index in [1.54, 1.807) is 13.0 Å². The summed E-state index contributed by atoms with van der Waals surface area (Å²) >= 11 is 0. The van der Waals surface area contributed by atoms with Crippen molar-refractivity contribution in [1.29, 1.82) is 0 Å². The Bertz CT molecular complexity index is 527. The van der Waals surface area contributed by atoms with Crippen LogP contribution in [0, 0.1) is 6.92 Å². The fraction of sp³-hybridized carbons (Fsp3) is 0.333. The van der Waals surface area contributed by atoms with Crippen molar-refractivity contribution in [2.24, 2.45) is 5.14 Å². The Morgan fingerprint density at radius 3 is 2.76 bits per heavy atom. The van der Waals surface area contributed by atoms with Gasteiger partial charge in [0.05, 0.1) is 5.75 Å². The van der Waals surface area contributed by atoms with Crippen LogP contribution in [0.1, 0.15) is 15.9 Å². The molecular formula is C9H13N3O4S. The summed E-state index contributed by atoms with van der Waals surface area (Å²) in [6.07, 6.45) is 1.45. The standard InChI is InChI=1S/C9H13N3O4S/c1-6-2-3-11-8(7(6)9(13)14)12-4-5-17(10,15)16/h2-3H,4-5H2,1H3,(H,11,12)(H,13,14)(H2,10,15,16). The maximum Gasteiger partial charge on any atom is 0.339 e. The summed E-state index contributed by atoms with van der Waals surface area (Å²) in [6, 6.07) is 1.56. The van der Waals surface area contributed by atoms with Gasteiger partial charge in [0.1, 0.15) is 11.4 Å². The highest BCUT2D eigenvalue weighted by atomic mass is 32.2. The van der Waals surface area contributed by atoms with E-state index in [1.165, 1.54) is 6.20 Å². The molecule has 0 spiro atoms. The van der Waals surface area contributed by atoms with E-state index in [1.807, 2.05) is 0 Å². The number of aromatic carboxylic acids is 1. The molecule has 0 bridgehead atoms. The van der Waals surface area contributed by atoms with Crippen LogP contribution in [-0.2, 0) is 10.0 Å². The molecule has 0 atom stereocenters. The van der Waals surface area contributed by atoms with Gasteiger partial charge >= 0.3 is 5.97 Å². The van der Waals surface area contributed by atoms with Crippen molar-refractivity contribution in [2.75, 3.05) is 17.6 Å². The van der Waals surface area contributed by atoms with Crippen LogP contribution in [0.25, 0.3) is 0 Å². The van der Waals surface area contributed by atoms with Gasteiger partial charge in [-0.15, -0.1) is 0 Å². The molecule has 0 aliphatic rings. The van der Waals surface area contributed by atoms with Gasteiger partial charge in [-0.1, -0.05) is 0 Å². The number of nitrogens with two attached hydrogens (primary N) is 1. The molecule has 8 heteroatoms. The highest BCUT2D eigenvalue weighted by molar-refractivity contribution is 7.89. The van der Waals surface area contributed by atoms with Crippen molar-refractivity contribution >= 4 is 21.8 Å². The van der Waals surface area contributed by atoms with Crippen molar-refractivity contribution in [2.45, 2.75) is 6.92 Å². The number of aryl methyl sites for hydroxylation is 1. The fourth-order valence-electron chi connectivity index (χ4n) is 1.27. The Kier molecular flexibility index (Phi) is 4.02. The van der Waals surface area contributed by atoms with Gasteiger partial charge in [0, 0.05) is 12.7 Å². The number of hydrogen-bond donors (Lipinski definition) is 3. The number of anilines is 1. The van der Waals surface area contributed by atoms with E-state index in [4.69, 9.17) is 10.2 Å². The Hall–Kier alpha value is -1.67. The molecule has 0 aromatic carbocycles. The topological polar surface area (TPSA) is 122 Å². The minimum absolute atomic E-state index is 0.00949. The largest absolute Gasteiger partial charge is 0.478 e. The molecule has 0 amide bonds. The summed E-state index contributed by atoms with van der Waals surface area (Å²) in [5.41, 5.74) is 0.576. The van der Waals surface area contributed by atoms with Gasteiger partial charge in [-0.3, -0.25) is 0 Å². The predicted molar refractivity (Wildman–Crippen MR) is 62.4 cm³/mol. The first-order valence-electron chi connectivity index (χ1n) is 4.74. The fourth-order valence-corrected chi connectivity index (χ4v) is 1.66. The number of carboxylic acids is 1. The number of hydrogen-bond acceptors (Lipinski definition) is 5. The lowest BCUT2D eigenvalue weighted by atomic mass is 10.1. The zero-order chi connectivity index (χ0) is 13.1.